The maximum Gasteiger partial charge on any atom is 0.373 e. The van der Waals surface area contributed by atoms with Gasteiger partial charge in [0.1, 0.15) is 0 Å². The van der Waals surface area contributed by atoms with Crippen LogP contribution < -0.4 is 28.8 Å². The predicted molar refractivity (Wildman–Crippen MR) is 35.9 cm³/mol. The Morgan fingerprint density at radius 1 is 1.00 bits per heavy atom. The van der Waals surface area contributed by atoms with Gasteiger partial charge >= 0.3 is 17.1 Å². The quantitative estimate of drug-likeness (QED) is 0.333. The van der Waals surface area contributed by atoms with Gasteiger partial charge < -0.3 is 11.7 Å². The third-order valence-electron chi connectivity index (χ3n) is 1.06. The number of nitrogens with two attached hydrogens (primary N) is 2. The Kier molecular flexibility index (Phi) is 1.30. The first kappa shape index (κ1) is 7.12. The van der Waals surface area contributed by atoms with Crippen LogP contribution in [0.4, 0.5) is 0 Å². The second-order valence-electron chi connectivity index (χ2n) is 1.76. The second-order valence-corrected chi connectivity index (χ2v) is 1.76. The number of rotatable bonds is 0. The number of H-pyrrole nitrogens is 1. The molecular formula is C3H5N5O3. The monoisotopic (exact) mass is 159 g/mol. The van der Waals surface area contributed by atoms with Crippen LogP contribution in [0.1, 0.15) is 0 Å². The van der Waals surface area contributed by atoms with Crippen molar-refractivity contribution in [1.29, 1.82) is 0 Å². The van der Waals surface area contributed by atoms with Crippen LogP contribution in [0.15, 0.2) is 14.4 Å². The average Bonchev–Trinajstić information content (AvgIpc) is 1.97. The summed E-state index contributed by atoms with van der Waals surface area (Å²) in [5, 5.41) is 0. The van der Waals surface area contributed by atoms with Crippen LogP contribution in [-0.4, -0.2) is 14.3 Å². The number of hydrogen-bond acceptors (Lipinski definition) is 5. The summed E-state index contributed by atoms with van der Waals surface area (Å²) in [7, 11) is 0. The van der Waals surface area contributed by atoms with Crippen LogP contribution >= 0.6 is 0 Å². The Morgan fingerprint density at radius 2 is 1.36 bits per heavy atom. The van der Waals surface area contributed by atoms with E-state index in [1.54, 1.807) is 4.98 Å². The molecular weight excluding hydrogens is 154 g/mol. The van der Waals surface area contributed by atoms with Crippen molar-refractivity contribution in [2.45, 2.75) is 0 Å². The standard InChI is InChI=1S/C3H5N5O3/c4-7-1(9)6-2(10)8(5)3(7)11/h4-5H2,(H,6,9,10). The van der Waals surface area contributed by atoms with Crippen molar-refractivity contribution >= 4 is 0 Å². The van der Waals surface area contributed by atoms with Gasteiger partial charge in [0.15, 0.2) is 0 Å². The molecule has 0 saturated heterocycles. The van der Waals surface area contributed by atoms with Crippen molar-refractivity contribution in [3.8, 4) is 0 Å². The molecule has 0 spiro atoms. The fourth-order valence-corrected chi connectivity index (χ4v) is 0.502. The molecule has 8 nitrogen and oxygen atoms in total. The van der Waals surface area contributed by atoms with Crippen molar-refractivity contribution in [3.05, 3.63) is 31.5 Å². The summed E-state index contributed by atoms with van der Waals surface area (Å²) in [5.74, 6) is 9.74. The number of aromatic amines is 1. The van der Waals surface area contributed by atoms with Crippen molar-refractivity contribution < 1.29 is 0 Å². The van der Waals surface area contributed by atoms with Crippen molar-refractivity contribution in [1.82, 2.24) is 14.3 Å². The lowest BCUT2D eigenvalue weighted by Gasteiger charge is -1.96. The van der Waals surface area contributed by atoms with Gasteiger partial charge in [-0.25, -0.2) is 14.4 Å². The molecule has 60 valence electrons. The molecule has 0 aliphatic carbocycles. The minimum Gasteiger partial charge on any atom is -0.331 e. The van der Waals surface area contributed by atoms with Crippen LogP contribution in [0, 0.1) is 0 Å². The summed E-state index contributed by atoms with van der Waals surface area (Å²) in [6.07, 6.45) is 0. The van der Waals surface area contributed by atoms with E-state index in [1.807, 2.05) is 0 Å². The Morgan fingerprint density at radius 3 is 1.73 bits per heavy atom. The molecule has 5 N–H and O–H groups in total. The van der Waals surface area contributed by atoms with E-state index in [4.69, 9.17) is 11.7 Å². The third-order valence-corrected chi connectivity index (χ3v) is 1.06. The van der Waals surface area contributed by atoms with Gasteiger partial charge in [0.2, 0.25) is 0 Å². The van der Waals surface area contributed by atoms with Gasteiger partial charge in [-0.15, -0.1) is 0 Å². The largest absolute Gasteiger partial charge is 0.373 e. The average molecular weight is 159 g/mol. The van der Waals surface area contributed by atoms with Crippen LogP contribution in [0.3, 0.4) is 0 Å². The molecule has 11 heavy (non-hydrogen) atoms. The molecule has 0 bridgehead atoms. The Labute approximate surface area is 58.6 Å². The first-order valence-electron chi connectivity index (χ1n) is 2.52. The SMILES string of the molecule is Nn1c(=O)[nH]c(=O)n(N)c1=O. The third kappa shape index (κ3) is 0.892. The first-order valence-corrected chi connectivity index (χ1v) is 2.52. The molecule has 0 amide bonds. The van der Waals surface area contributed by atoms with E-state index in [-0.39, 0.29) is 9.35 Å². The summed E-state index contributed by atoms with van der Waals surface area (Å²) in [4.78, 5) is 33.4. The Hall–Kier alpha value is -1.99. The van der Waals surface area contributed by atoms with E-state index >= 15 is 0 Å². The normalized spacial score (nSPS) is 9.82. The van der Waals surface area contributed by atoms with Gasteiger partial charge in [-0.3, -0.25) is 4.98 Å². The highest BCUT2D eigenvalue weighted by molar-refractivity contribution is 4.72. The minimum atomic E-state index is -1.07. The number of nitrogens with one attached hydrogen (secondary N) is 1. The topological polar surface area (TPSA) is 129 Å². The van der Waals surface area contributed by atoms with E-state index in [0.717, 1.165) is 0 Å². The van der Waals surface area contributed by atoms with Crippen LogP contribution in [-0.2, 0) is 0 Å². The maximum absolute atomic E-state index is 10.7. The number of nitrogen functional groups attached to an aromatic ring is 2. The molecule has 1 heterocycles. The van der Waals surface area contributed by atoms with Crippen LogP contribution in [0.5, 0.6) is 0 Å². The molecule has 1 aromatic heterocycles. The molecule has 0 fully saturated rings. The number of aromatic nitrogens is 3. The highest BCUT2D eigenvalue weighted by Crippen LogP contribution is 1.43. The summed E-state index contributed by atoms with van der Waals surface area (Å²) in [6, 6.07) is 0. The van der Waals surface area contributed by atoms with Gasteiger partial charge in [-0.05, 0) is 0 Å². The van der Waals surface area contributed by atoms with Crippen LogP contribution in [0.25, 0.3) is 0 Å². The molecule has 0 aliphatic heterocycles. The summed E-state index contributed by atoms with van der Waals surface area (Å²) >= 11 is 0. The van der Waals surface area contributed by atoms with Gasteiger partial charge in [0, 0.05) is 0 Å². The van der Waals surface area contributed by atoms with E-state index in [2.05, 4.69) is 0 Å². The molecule has 0 aliphatic rings. The van der Waals surface area contributed by atoms with Crippen LogP contribution in [0.2, 0.25) is 0 Å². The number of hydrogen-bond donors (Lipinski definition) is 3. The Balaban J connectivity index is 3.89. The minimum absolute atomic E-state index is 0.196. The van der Waals surface area contributed by atoms with E-state index in [9.17, 15) is 14.4 Å². The lowest BCUT2D eigenvalue weighted by molar-refractivity contribution is 0.671. The predicted octanol–water partition coefficient (Wildman–Crippen LogP) is -3.87. The fourth-order valence-electron chi connectivity index (χ4n) is 0.502. The zero-order valence-corrected chi connectivity index (χ0v) is 5.27. The van der Waals surface area contributed by atoms with Crippen molar-refractivity contribution in [2.75, 3.05) is 11.7 Å². The summed E-state index contributed by atoms with van der Waals surface area (Å²) in [6.45, 7) is 0. The van der Waals surface area contributed by atoms with Gasteiger partial charge in [-0.2, -0.15) is 9.35 Å². The van der Waals surface area contributed by atoms with Crippen molar-refractivity contribution in [3.63, 3.8) is 0 Å². The van der Waals surface area contributed by atoms with Gasteiger partial charge in [0.25, 0.3) is 0 Å². The fraction of sp³-hybridized carbons (Fsp3) is 0. The highest BCUT2D eigenvalue weighted by Gasteiger charge is 2.01. The first-order chi connectivity index (χ1) is 5.04. The lowest BCUT2D eigenvalue weighted by atomic mass is 11.0. The number of nitrogens with zero attached hydrogens (tertiary/aromatic N) is 2. The molecule has 0 atom stereocenters. The van der Waals surface area contributed by atoms with Gasteiger partial charge in [0.05, 0.1) is 0 Å². The molecule has 0 radical (unpaired) electrons. The second kappa shape index (κ2) is 2.01. The molecule has 1 rings (SSSR count). The Bertz CT molecular complexity index is 398. The van der Waals surface area contributed by atoms with Crippen molar-refractivity contribution in [2.24, 2.45) is 0 Å². The molecule has 0 unspecified atom stereocenters. The maximum atomic E-state index is 10.7. The summed E-state index contributed by atoms with van der Waals surface area (Å²) in [5.41, 5.74) is -3.07. The van der Waals surface area contributed by atoms with E-state index in [1.165, 1.54) is 0 Å². The summed E-state index contributed by atoms with van der Waals surface area (Å²) < 4.78 is 0.392. The molecule has 0 aromatic carbocycles. The molecule has 0 saturated carbocycles. The molecule has 1 aromatic rings. The smallest absolute Gasteiger partial charge is 0.331 e. The molecule has 8 heteroatoms. The van der Waals surface area contributed by atoms with E-state index in [0.29, 0.717) is 0 Å². The van der Waals surface area contributed by atoms with E-state index < -0.39 is 17.1 Å². The zero-order chi connectivity index (χ0) is 8.59. The van der Waals surface area contributed by atoms with Gasteiger partial charge in [-0.1, -0.05) is 0 Å². The lowest BCUT2D eigenvalue weighted by Crippen LogP contribution is -2.55. The highest BCUT2D eigenvalue weighted by atomic mass is 16.2. The zero-order valence-electron chi connectivity index (χ0n) is 5.27.